The first kappa shape index (κ1) is 16.5. The molecule has 0 heterocycles. The molecule has 0 aromatic heterocycles. The van der Waals surface area contributed by atoms with Gasteiger partial charge in [0.05, 0.1) is 0 Å². The van der Waals surface area contributed by atoms with E-state index in [1.807, 2.05) is 6.92 Å². The van der Waals surface area contributed by atoms with Crippen molar-refractivity contribution in [3.63, 3.8) is 0 Å². The number of amides is 1. The van der Waals surface area contributed by atoms with Gasteiger partial charge in [-0.05, 0) is 38.0 Å². The molecule has 1 fully saturated rings. The van der Waals surface area contributed by atoms with Crippen molar-refractivity contribution in [2.24, 2.45) is 11.8 Å². The third kappa shape index (κ3) is 6.42. The van der Waals surface area contributed by atoms with Crippen LogP contribution < -0.4 is 5.32 Å². The maximum Gasteiger partial charge on any atom is 0.223 e. The van der Waals surface area contributed by atoms with E-state index in [-0.39, 0.29) is 11.8 Å². The zero-order valence-electron chi connectivity index (χ0n) is 12.7. The molecule has 3 heteroatoms. The van der Waals surface area contributed by atoms with Gasteiger partial charge in [-0.1, -0.05) is 39.5 Å². The average molecular weight is 269 g/mol. The van der Waals surface area contributed by atoms with Gasteiger partial charge in [-0.25, -0.2) is 0 Å². The number of nitrogens with one attached hydrogen (secondary N) is 1. The smallest absolute Gasteiger partial charge is 0.223 e. The lowest BCUT2D eigenvalue weighted by atomic mass is 9.86. The van der Waals surface area contributed by atoms with Crippen molar-refractivity contribution in [3.05, 3.63) is 0 Å². The number of aliphatic hydroxyl groups excluding tert-OH is 1. The second-order valence-corrected chi connectivity index (χ2v) is 6.16. The van der Waals surface area contributed by atoms with Crippen LogP contribution in [0.25, 0.3) is 0 Å². The molecular weight excluding hydrogens is 238 g/mol. The van der Waals surface area contributed by atoms with Crippen molar-refractivity contribution >= 4 is 5.91 Å². The van der Waals surface area contributed by atoms with Crippen LogP contribution in [0.1, 0.15) is 71.6 Å². The van der Waals surface area contributed by atoms with E-state index < -0.39 is 0 Å². The predicted octanol–water partition coefficient (Wildman–Crippen LogP) is 3.26. The fourth-order valence-corrected chi connectivity index (χ4v) is 2.84. The van der Waals surface area contributed by atoms with E-state index in [1.54, 1.807) is 0 Å². The van der Waals surface area contributed by atoms with Gasteiger partial charge in [0.2, 0.25) is 5.91 Å². The molecule has 1 rings (SSSR count). The molecule has 1 aliphatic rings. The molecule has 1 atom stereocenters. The lowest BCUT2D eigenvalue weighted by Crippen LogP contribution is -2.40. The summed E-state index contributed by atoms with van der Waals surface area (Å²) in [7, 11) is 0. The summed E-state index contributed by atoms with van der Waals surface area (Å²) < 4.78 is 0. The Morgan fingerprint density at radius 3 is 2.47 bits per heavy atom. The van der Waals surface area contributed by atoms with Crippen LogP contribution in [-0.2, 0) is 4.79 Å². The first-order valence-electron chi connectivity index (χ1n) is 8.08. The molecule has 1 saturated carbocycles. The third-order valence-electron chi connectivity index (χ3n) is 4.39. The molecule has 1 amide bonds. The largest absolute Gasteiger partial charge is 0.396 e. The normalized spacial score (nSPS) is 25.0. The van der Waals surface area contributed by atoms with E-state index in [1.165, 1.54) is 25.7 Å². The number of hydrogen-bond acceptors (Lipinski definition) is 2. The molecule has 2 N–H and O–H groups in total. The van der Waals surface area contributed by atoms with Crippen molar-refractivity contribution in [3.8, 4) is 0 Å². The van der Waals surface area contributed by atoms with Crippen LogP contribution in [-0.4, -0.2) is 23.7 Å². The summed E-state index contributed by atoms with van der Waals surface area (Å²) >= 11 is 0. The van der Waals surface area contributed by atoms with Gasteiger partial charge >= 0.3 is 0 Å². The van der Waals surface area contributed by atoms with Gasteiger partial charge in [-0.3, -0.25) is 4.79 Å². The van der Waals surface area contributed by atoms with Crippen molar-refractivity contribution in [2.75, 3.05) is 6.61 Å². The Kier molecular flexibility index (Phi) is 8.11. The monoisotopic (exact) mass is 269 g/mol. The van der Waals surface area contributed by atoms with Crippen molar-refractivity contribution in [1.82, 2.24) is 5.32 Å². The average Bonchev–Trinajstić information content (AvgIpc) is 2.44. The maximum absolute atomic E-state index is 12.1. The molecule has 19 heavy (non-hydrogen) atoms. The molecule has 0 aliphatic heterocycles. The van der Waals surface area contributed by atoms with Crippen LogP contribution in [0.3, 0.4) is 0 Å². The maximum atomic E-state index is 12.1. The van der Waals surface area contributed by atoms with Gasteiger partial charge in [0.1, 0.15) is 0 Å². The van der Waals surface area contributed by atoms with Crippen LogP contribution >= 0.6 is 0 Å². The van der Waals surface area contributed by atoms with Gasteiger partial charge < -0.3 is 10.4 Å². The van der Waals surface area contributed by atoms with Gasteiger partial charge in [0.15, 0.2) is 0 Å². The molecule has 0 spiro atoms. The summed E-state index contributed by atoms with van der Waals surface area (Å²) in [5, 5.41) is 12.3. The molecule has 1 unspecified atom stereocenters. The highest BCUT2D eigenvalue weighted by Gasteiger charge is 2.23. The highest BCUT2D eigenvalue weighted by molar-refractivity contribution is 5.78. The molecule has 0 saturated heterocycles. The van der Waals surface area contributed by atoms with E-state index in [2.05, 4.69) is 12.2 Å². The predicted molar refractivity (Wildman–Crippen MR) is 78.9 cm³/mol. The SMILES string of the molecule is CCCCCCC(C)C(=O)NC1CCC(CO)CC1. The number of aliphatic hydroxyl groups is 1. The Morgan fingerprint density at radius 1 is 1.21 bits per heavy atom. The minimum Gasteiger partial charge on any atom is -0.396 e. The quantitative estimate of drug-likeness (QED) is 0.664. The first-order valence-corrected chi connectivity index (χ1v) is 8.08. The molecule has 0 aromatic carbocycles. The van der Waals surface area contributed by atoms with Crippen LogP contribution in [0.2, 0.25) is 0 Å². The minimum atomic E-state index is 0.146. The van der Waals surface area contributed by atoms with Crippen LogP contribution in [0, 0.1) is 11.8 Å². The summed E-state index contributed by atoms with van der Waals surface area (Å²) in [6, 6.07) is 0.341. The van der Waals surface area contributed by atoms with Crippen molar-refractivity contribution < 1.29 is 9.90 Å². The Labute approximate surface area is 118 Å². The number of unbranched alkanes of at least 4 members (excludes halogenated alkanes) is 3. The van der Waals surface area contributed by atoms with Gasteiger partial charge in [-0.15, -0.1) is 0 Å². The Morgan fingerprint density at radius 2 is 1.89 bits per heavy atom. The van der Waals surface area contributed by atoms with Crippen molar-refractivity contribution in [2.45, 2.75) is 77.7 Å². The Hall–Kier alpha value is -0.570. The second-order valence-electron chi connectivity index (χ2n) is 6.16. The number of carbonyl (C=O) groups excluding carboxylic acids is 1. The van der Waals surface area contributed by atoms with E-state index in [0.717, 1.165) is 32.1 Å². The third-order valence-corrected chi connectivity index (χ3v) is 4.39. The standard InChI is InChI=1S/C16H31NO2/c1-3-4-5-6-7-13(2)16(19)17-15-10-8-14(12-18)9-11-15/h13-15,18H,3-12H2,1-2H3,(H,17,19). The van der Waals surface area contributed by atoms with Gasteiger partial charge in [0, 0.05) is 18.6 Å². The molecule has 0 radical (unpaired) electrons. The molecule has 1 aliphatic carbocycles. The van der Waals surface area contributed by atoms with Gasteiger partial charge in [0.25, 0.3) is 0 Å². The van der Waals surface area contributed by atoms with E-state index in [0.29, 0.717) is 18.6 Å². The highest BCUT2D eigenvalue weighted by Crippen LogP contribution is 2.24. The number of rotatable bonds is 8. The topological polar surface area (TPSA) is 49.3 Å². The van der Waals surface area contributed by atoms with Crippen LogP contribution in [0.5, 0.6) is 0 Å². The van der Waals surface area contributed by atoms with Crippen molar-refractivity contribution in [1.29, 1.82) is 0 Å². The summed E-state index contributed by atoms with van der Waals surface area (Å²) in [6.07, 6.45) is 10.1. The molecule has 0 bridgehead atoms. The van der Waals surface area contributed by atoms with Gasteiger partial charge in [-0.2, -0.15) is 0 Å². The zero-order valence-corrected chi connectivity index (χ0v) is 12.7. The Bertz CT molecular complexity index is 247. The van der Waals surface area contributed by atoms with E-state index in [9.17, 15) is 4.79 Å². The highest BCUT2D eigenvalue weighted by atomic mass is 16.3. The van der Waals surface area contributed by atoms with E-state index in [4.69, 9.17) is 5.11 Å². The summed E-state index contributed by atoms with van der Waals surface area (Å²) in [5.74, 6) is 0.830. The summed E-state index contributed by atoms with van der Waals surface area (Å²) in [6.45, 7) is 4.55. The minimum absolute atomic E-state index is 0.146. The molecular formula is C16H31NO2. The van der Waals surface area contributed by atoms with E-state index >= 15 is 0 Å². The Balaban J connectivity index is 2.15. The molecule has 112 valence electrons. The summed E-state index contributed by atoms with van der Waals surface area (Å²) in [5.41, 5.74) is 0. The fourth-order valence-electron chi connectivity index (χ4n) is 2.84. The first-order chi connectivity index (χ1) is 9.17. The zero-order chi connectivity index (χ0) is 14.1. The summed E-state index contributed by atoms with van der Waals surface area (Å²) in [4.78, 5) is 12.1. The number of hydrogen-bond donors (Lipinski definition) is 2. The lowest BCUT2D eigenvalue weighted by Gasteiger charge is -2.28. The molecule has 0 aromatic rings. The lowest BCUT2D eigenvalue weighted by molar-refractivity contribution is -0.125. The fraction of sp³-hybridized carbons (Fsp3) is 0.938. The second kappa shape index (κ2) is 9.35. The number of carbonyl (C=O) groups is 1. The van der Waals surface area contributed by atoms with Crippen LogP contribution in [0.4, 0.5) is 0 Å². The molecule has 3 nitrogen and oxygen atoms in total. The van der Waals surface area contributed by atoms with Crippen LogP contribution in [0.15, 0.2) is 0 Å².